The summed E-state index contributed by atoms with van der Waals surface area (Å²) in [6.07, 6.45) is 2.27. The normalized spacial score (nSPS) is 24.1. The third kappa shape index (κ3) is 4.70. The van der Waals surface area contributed by atoms with Crippen molar-refractivity contribution in [2.24, 2.45) is 5.41 Å². The number of rotatable bonds is 4. The largest absolute Gasteiger partial charge is 0.310 e. The first kappa shape index (κ1) is 15.2. The van der Waals surface area contributed by atoms with Crippen LogP contribution in [0.15, 0.2) is 24.3 Å². The number of thioether (sulfide) groups is 1. The van der Waals surface area contributed by atoms with Gasteiger partial charge in [0.25, 0.3) is 0 Å². The van der Waals surface area contributed by atoms with Gasteiger partial charge in [-0.3, -0.25) is 0 Å². The number of hydrogen-bond donors (Lipinski definition) is 1. The summed E-state index contributed by atoms with van der Waals surface area (Å²) >= 11 is 8.30. The van der Waals surface area contributed by atoms with Crippen molar-refractivity contribution in [3.63, 3.8) is 0 Å². The molecule has 0 amide bonds. The van der Waals surface area contributed by atoms with Crippen molar-refractivity contribution >= 4 is 23.4 Å². The topological polar surface area (TPSA) is 12.0 Å². The first-order chi connectivity index (χ1) is 8.96. The SMILES string of the molecule is CC(Cc1ccccc1Cl)NC1CSCC(C)(C)C1. The van der Waals surface area contributed by atoms with E-state index in [1.165, 1.54) is 23.5 Å². The van der Waals surface area contributed by atoms with Crippen molar-refractivity contribution in [3.05, 3.63) is 34.9 Å². The molecule has 0 aliphatic carbocycles. The highest BCUT2D eigenvalue weighted by atomic mass is 35.5. The van der Waals surface area contributed by atoms with Gasteiger partial charge >= 0.3 is 0 Å². The molecule has 1 N–H and O–H groups in total. The van der Waals surface area contributed by atoms with E-state index < -0.39 is 0 Å². The Hall–Kier alpha value is -0.180. The average molecular weight is 298 g/mol. The smallest absolute Gasteiger partial charge is 0.0438 e. The van der Waals surface area contributed by atoms with E-state index in [1.807, 2.05) is 12.1 Å². The van der Waals surface area contributed by atoms with Crippen LogP contribution in [0.1, 0.15) is 32.8 Å². The third-order valence-corrected chi connectivity index (χ3v) is 5.61. The fraction of sp³-hybridized carbons (Fsp3) is 0.625. The fourth-order valence-corrected chi connectivity index (χ4v) is 4.32. The molecule has 0 spiro atoms. The maximum Gasteiger partial charge on any atom is 0.0438 e. The van der Waals surface area contributed by atoms with E-state index in [9.17, 15) is 0 Å². The van der Waals surface area contributed by atoms with Crippen LogP contribution in [0.2, 0.25) is 5.02 Å². The zero-order valence-electron chi connectivity index (χ0n) is 12.1. The lowest BCUT2D eigenvalue weighted by molar-refractivity contribution is 0.303. The van der Waals surface area contributed by atoms with Crippen molar-refractivity contribution in [1.82, 2.24) is 5.32 Å². The van der Waals surface area contributed by atoms with E-state index in [0.717, 1.165) is 11.4 Å². The minimum absolute atomic E-state index is 0.463. The Bertz CT molecular complexity index is 419. The van der Waals surface area contributed by atoms with Gasteiger partial charge in [0.2, 0.25) is 0 Å². The molecule has 1 aliphatic heterocycles. The van der Waals surface area contributed by atoms with Crippen LogP contribution < -0.4 is 5.32 Å². The van der Waals surface area contributed by atoms with Crippen LogP contribution in [0, 0.1) is 5.41 Å². The van der Waals surface area contributed by atoms with Gasteiger partial charge in [-0.2, -0.15) is 11.8 Å². The molecule has 1 aromatic rings. The van der Waals surface area contributed by atoms with Crippen molar-refractivity contribution in [2.45, 2.75) is 45.7 Å². The lowest BCUT2D eigenvalue weighted by atomic mass is 9.87. The summed E-state index contributed by atoms with van der Waals surface area (Å²) in [6.45, 7) is 6.99. The van der Waals surface area contributed by atoms with E-state index >= 15 is 0 Å². The number of halogens is 1. The lowest BCUT2D eigenvalue weighted by Crippen LogP contribution is -2.45. The molecule has 106 valence electrons. The van der Waals surface area contributed by atoms with E-state index in [0.29, 0.717) is 17.5 Å². The Morgan fingerprint density at radius 2 is 2.16 bits per heavy atom. The van der Waals surface area contributed by atoms with Crippen LogP contribution >= 0.6 is 23.4 Å². The molecule has 0 bridgehead atoms. The van der Waals surface area contributed by atoms with Gasteiger partial charge in [0, 0.05) is 22.9 Å². The number of nitrogens with one attached hydrogen (secondary N) is 1. The predicted octanol–water partition coefficient (Wildman–Crippen LogP) is 4.39. The maximum absolute atomic E-state index is 6.22. The van der Waals surface area contributed by atoms with Crippen molar-refractivity contribution in [3.8, 4) is 0 Å². The molecular weight excluding hydrogens is 274 g/mol. The van der Waals surface area contributed by atoms with Crippen LogP contribution in [-0.4, -0.2) is 23.6 Å². The Labute approximate surface area is 126 Å². The summed E-state index contributed by atoms with van der Waals surface area (Å²) in [6, 6.07) is 9.26. The van der Waals surface area contributed by atoms with E-state index in [-0.39, 0.29) is 0 Å². The summed E-state index contributed by atoms with van der Waals surface area (Å²) in [5, 5.41) is 4.65. The highest BCUT2D eigenvalue weighted by Crippen LogP contribution is 2.33. The summed E-state index contributed by atoms with van der Waals surface area (Å²) in [7, 11) is 0. The van der Waals surface area contributed by atoms with Crippen LogP contribution in [0.25, 0.3) is 0 Å². The molecule has 1 nitrogen and oxygen atoms in total. The second kappa shape index (κ2) is 6.51. The Kier molecular flexibility index (Phi) is 5.22. The minimum atomic E-state index is 0.463. The van der Waals surface area contributed by atoms with Crippen LogP contribution in [0.4, 0.5) is 0 Å². The Morgan fingerprint density at radius 3 is 2.84 bits per heavy atom. The minimum Gasteiger partial charge on any atom is -0.310 e. The Balaban J connectivity index is 1.88. The molecule has 1 aromatic carbocycles. The molecule has 1 saturated heterocycles. The number of hydrogen-bond acceptors (Lipinski definition) is 2. The maximum atomic E-state index is 6.22. The lowest BCUT2D eigenvalue weighted by Gasteiger charge is -2.36. The van der Waals surface area contributed by atoms with Gasteiger partial charge in [0.1, 0.15) is 0 Å². The van der Waals surface area contributed by atoms with E-state index in [2.05, 4.69) is 50.0 Å². The summed E-state index contributed by atoms with van der Waals surface area (Å²) in [5.74, 6) is 2.51. The van der Waals surface area contributed by atoms with Crippen LogP contribution in [-0.2, 0) is 6.42 Å². The first-order valence-electron chi connectivity index (χ1n) is 7.03. The predicted molar refractivity (Wildman–Crippen MR) is 87.3 cm³/mol. The van der Waals surface area contributed by atoms with E-state index in [1.54, 1.807) is 0 Å². The van der Waals surface area contributed by atoms with Gasteiger partial charge in [-0.05, 0) is 42.6 Å². The summed E-state index contributed by atoms with van der Waals surface area (Å²) in [5.41, 5.74) is 1.71. The molecule has 19 heavy (non-hydrogen) atoms. The van der Waals surface area contributed by atoms with Crippen LogP contribution in [0.3, 0.4) is 0 Å². The van der Waals surface area contributed by atoms with Crippen molar-refractivity contribution in [1.29, 1.82) is 0 Å². The molecule has 2 atom stereocenters. The molecule has 0 radical (unpaired) electrons. The summed E-state index contributed by atoms with van der Waals surface area (Å²) in [4.78, 5) is 0. The molecule has 3 heteroatoms. The van der Waals surface area contributed by atoms with E-state index in [4.69, 9.17) is 11.6 Å². The third-order valence-electron chi connectivity index (χ3n) is 3.61. The summed E-state index contributed by atoms with van der Waals surface area (Å²) < 4.78 is 0. The highest BCUT2D eigenvalue weighted by molar-refractivity contribution is 7.99. The molecule has 1 fully saturated rings. The molecule has 1 aliphatic rings. The highest BCUT2D eigenvalue weighted by Gasteiger charge is 2.28. The average Bonchev–Trinajstić information content (AvgIpc) is 2.30. The molecule has 0 aromatic heterocycles. The van der Waals surface area contributed by atoms with Gasteiger partial charge in [-0.25, -0.2) is 0 Å². The standard InChI is InChI=1S/C16H24ClNS/c1-12(8-13-6-4-5-7-15(13)17)18-14-9-16(2,3)11-19-10-14/h4-7,12,14,18H,8-11H2,1-3H3. The number of benzene rings is 1. The second-order valence-corrected chi connectivity index (χ2v) is 7.88. The quantitative estimate of drug-likeness (QED) is 0.884. The fourth-order valence-electron chi connectivity index (χ4n) is 2.82. The van der Waals surface area contributed by atoms with Gasteiger partial charge < -0.3 is 5.32 Å². The van der Waals surface area contributed by atoms with Crippen molar-refractivity contribution in [2.75, 3.05) is 11.5 Å². The Morgan fingerprint density at radius 1 is 1.42 bits per heavy atom. The first-order valence-corrected chi connectivity index (χ1v) is 8.57. The molecule has 0 saturated carbocycles. The zero-order valence-corrected chi connectivity index (χ0v) is 13.7. The van der Waals surface area contributed by atoms with Gasteiger partial charge in [-0.1, -0.05) is 43.6 Å². The molecule has 2 rings (SSSR count). The van der Waals surface area contributed by atoms with Gasteiger partial charge in [-0.15, -0.1) is 0 Å². The second-order valence-electron chi connectivity index (χ2n) is 6.44. The van der Waals surface area contributed by atoms with Crippen molar-refractivity contribution < 1.29 is 0 Å². The van der Waals surface area contributed by atoms with Gasteiger partial charge in [0.15, 0.2) is 0 Å². The molecule has 1 heterocycles. The molecular formula is C16H24ClNS. The zero-order chi connectivity index (χ0) is 13.9. The van der Waals surface area contributed by atoms with Crippen LogP contribution in [0.5, 0.6) is 0 Å². The molecule has 2 unspecified atom stereocenters. The monoisotopic (exact) mass is 297 g/mol. The van der Waals surface area contributed by atoms with Gasteiger partial charge in [0.05, 0.1) is 0 Å².